The number of hydrogen-bond donors (Lipinski definition) is 4. The van der Waals surface area contributed by atoms with Crippen LogP contribution in [0, 0.1) is 5.92 Å². The maximum Gasteiger partial charge on any atom is 0.405 e. The van der Waals surface area contributed by atoms with Gasteiger partial charge in [0.15, 0.2) is 5.76 Å². The van der Waals surface area contributed by atoms with Crippen molar-refractivity contribution in [2.24, 2.45) is 5.92 Å². The fraction of sp³-hybridized carbons (Fsp3) is 0.513. The van der Waals surface area contributed by atoms with Gasteiger partial charge in [-0.3, -0.25) is 19.4 Å². The molecular weight excluding hydrogens is 771 g/mol. The number of aliphatic hydroxyl groups excluding tert-OH is 2. The third-order valence-corrected chi connectivity index (χ3v) is 10.6. The average Bonchev–Trinajstić information content (AvgIpc) is 3.86. The van der Waals surface area contributed by atoms with Crippen molar-refractivity contribution in [3.63, 3.8) is 0 Å². The molecule has 2 aliphatic rings. The van der Waals surface area contributed by atoms with E-state index in [0.29, 0.717) is 46.8 Å². The summed E-state index contributed by atoms with van der Waals surface area (Å²) in [5.74, 6) is -0.366. The summed E-state index contributed by atoms with van der Waals surface area (Å²) in [5.41, 5.74) is 0.444. The first kappa shape index (κ1) is 42.1. The molecule has 4 N–H and O–H groups in total. The summed E-state index contributed by atoms with van der Waals surface area (Å²) >= 11 is 6.04. The number of carbonyl (C=O) groups excluding carboxylic acids is 2. The van der Waals surface area contributed by atoms with Crippen LogP contribution in [0.1, 0.15) is 62.9 Å². The van der Waals surface area contributed by atoms with Gasteiger partial charge in [-0.1, -0.05) is 36.7 Å². The monoisotopic (exact) mass is 817 g/mol. The lowest BCUT2D eigenvalue weighted by Crippen LogP contribution is -2.63. The molecule has 0 aliphatic carbocycles. The minimum Gasteiger partial charge on any atom is -0.490 e. The average molecular weight is 818 g/mol. The van der Waals surface area contributed by atoms with E-state index in [-0.39, 0.29) is 45.0 Å². The molecule has 2 aromatic heterocycles. The number of ether oxygens (including phenoxy) is 1. The molecule has 308 valence electrons. The molecule has 4 aromatic rings. The van der Waals surface area contributed by atoms with Crippen LogP contribution < -0.4 is 15.4 Å². The number of aromatic nitrogens is 3. The van der Waals surface area contributed by atoms with E-state index in [4.69, 9.17) is 25.2 Å². The van der Waals surface area contributed by atoms with Crippen LogP contribution in [0.5, 0.6) is 5.75 Å². The number of benzene rings is 2. The number of β-amino-alcohol motifs (C(OH)–C–C–N with tert-alkyl or cyclic N) is 1. The fourth-order valence-electron chi connectivity index (χ4n) is 7.19. The molecule has 1 saturated heterocycles. The third-order valence-electron chi connectivity index (χ3n) is 10.3. The maximum atomic E-state index is 14.0. The Morgan fingerprint density at radius 3 is 2.53 bits per heavy atom. The van der Waals surface area contributed by atoms with Gasteiger partial charge in [-0.2, -0.15) is 13.2 Å². The zero-order chi connectivity index (χ0) is 40.9. The summed E-state index contributed by atoms with van der Waals surface area (Å²) in [6, 6.07) is 12.1. The number of amides is 2. The standard InChI is InChI=1S/C39H47ClF3N7O7/c1-4-7-32-47-48-33(57-32)17-24(35(53)46-34-27-8-5-6-9-30(27)55-21-29(34)52)16-26(51)19-49-14-15-50(20-28(49)36(54)45-22-39(41,42)43)38(2,3)37-44-18-31(56-37)23-10-12-25(40)13-11-23/h5-6,8-13,18,24,26,28-29,34,51-52H,4,7,14-17,19-22H2,1-3H3,(H,45,54)(H,46,53)/t24-,26-,28-,29+,34-/m0/s1. The number of aliphatic hydroxyl groups is 2. The SMILES string of the molecule is CCCc1nnc(C[C@H](C[C@H](O)CN2CCN(C(C)(C)c3ncc(-c4ccc(Cl)cc4)o3)C[C@H]2C(=O)NCC(F)(F)F)C(=O)N[C@H]2c3ccccc3OC[C@H]2O)o1. The molecule has 18 heteroatoms. The quantitative estimate of drug-likeness (QED) is 0.133. The molecular formula is C39H47ClF3N7O7. The van der Waals surface area contributed by atoms with Gasteiger partial charge in [0, 0.05) is 61.1 Å². The van der Waals surface area contributed by atoms with Gasteiger partial charge in [-0.05, 0) is 57.0 Å². The number of carbonyl (C=O) groups is 2. The van der Waals surface area contributed by atoms with E-state index >= 15 is 0 Å². The Morgan fingerprint density at radius 2 is 1.79 bits per heavy atom. The molecule has 0 radical (unpaired) electrons. The minimum absolute atomic E-state index is 0.0186. The highest BCUT2D eigenvalue weighted by molar-refractivity contribution is 6.30. The molecule has 2 aromatic carbocycles. The second-order valence-corrected chi connectivity index (χ2v) is 15.4. The van der Waals surface area contributed by atoms with E-state index < -0.39 is 60.3 Å². The molecule has 4 heterocycles. The van der Waals surface area contributed by atoms with Crippen molar-refractivity contribution in [1.29, 1.82) is 0 Å². The Hall–Kier alpha value is -4.55. The van der Waals surface area contributed by atoms with E-state index in [1.165, 1.54) is 0 Å². The third kappa shape index (κ3) is 10.5. The molecule has 2 amide bonds. The van der Waals surface area contributed by atoms with E-state index in [1.807, 2.05) is 31.0 Å². The van der Waals surface area contributed by atoms with Crippen LogP contribution in [-0.2, 0) is 28.0 Å². The van der Waals surface area contributed by atoms with Crippen LogP contribution >= 0.6 is 11.6 Å². The molecule has 0 bridgehead atoms. The van der Waals surface area contributed by atoms with Crippen LogP contribution in [0.4, 0.5) is 13.2 Å². The molecule has 0 spiro atoms. The van der Waals surface area contributed by atoms with Gasteiger partial charge in [0.2, 0.25) is 29.5 Å². The van der Waals surface area contributed by atoms with Crippen LogP contribution in [0.15, 0.2) is 63.6 Å². The Balaban J connectivity index is 1.19. The van der Waals surface area contributed by atoms with Crippen molar-refractivity contribution < 1.29 is 46.5 Å². The Morgan fingerprint density at radius 1 is 1.05 bits per heavy atom. The summed E-state index contributed by atoms with van der Waals surface area (Å²) in [6.45, 7) is 4.44. The van der Waals surface area contributed by atoms with Crippen LogP contribution in [0.2, 0.25) is 5.02 Å². The van der Waals surface area contributed by atoms with Crippen molar-refractivity contribution >= 4 is 23.4 Å². The number of para-hydroxylation sites is 1. The molecule has 0 unspecified atom stereocenters. The summed E-state index contributed by atoms with van der Waals surface area (Å²) in [7, 11) is 0. The van der Waals surface area contributed by atoms with Crippen molar-refractivity contribution in [2.75, 3.05) is 39.3 Å². The van der Waals surface area contributed by atoms with Crippen molar-refractivity contribution in [3.05, 3.63) is 83.0 Å². The van der Waals surface area contributed by atoms with E-state index in [2.05, 4.69) is 20.5 Å². The molecule has 6 rings (SSSR count). The predicted octanol–water partition coefficient (Wildman–Crippen LogP) is 4.45. The molecule has 2 aliphatic heterocycles. The zero-order valence-electron chi connectivity index (χ0n) is 31.8. The molecule has 5 atom stereocenters. The number of rotatable bonds is 15. The van der Waals surface area contributed by atoms with E-state index in [0.717, 1.165) is 12.0 Å². The first-order chi connectivity index (χ1) is 27.1. The molecule has 57 heavy (non-hydrogen) atoms. The fourth-order valence-corrected chi connectivity index (χ4v) is 7.31. The van der Waals surface area contributed by atoms with E-state index in [1.54, 1.807) is 59.6 Å². The predicted molar refractivity (Wildman–Crippen MR) is 201 cm³/mol. The Labute approximate surface area is 332 Å². The summed E-state index contributed by atoms with van der Waals surface area (Å²) in [5, 5.41) is 36.1. The van der Waals surface area contributed by atoms with Crippen molar-refractivity contribution in [1.82, 2.24) is 35.6 Å². The molecule has 1 fully saturated rings. The molecule has 0 saturated carbocycles. The number of piperazine rings is 1. The lowest BCUT2D eigenvalue weighted by atomic mass is 9.93. The highest BCUT2D eigenvalue weighted by atomic mass is 35.5. The second-order valence-electron chi connectivity index (χ2n) is 14.9. The van der Waals surface area contributed by atoms with Gasteiger partial charge in [-0.25, -0.2) is 4.98 Å². The highest BCUT2D eigenvalue weighted by Gasteiger charge is 2.43. The van der Waals surface area contributed by atoms with Crippen molar-refractivity contribution in [2.45, 2.75) is 82.5 Å². The largest absolute Gasteiger partial charge is 0.490 e. The number of aryl methyl sites for hydroxylation is 1. The van der Waals surface area contributed by atoms with Crippen LogP contribution in [-0.4, -0.2) is 111 Å². The summed E-state index contributed by atoms with van der Waals surface area (Å²) < 4.78 is 57.4. The number of nitrogens with zero attached hydrogens (tertiary/aromatic N) is 5. The zero-order valence-corrected chi connectivity index (χ0v) is 32.6. The number of alkyl halides is 3. The van der Waals surface area contributed by atoms with Crippen LogP contribution in [0.3, 0.4) is 0 Å². The lowest BCUT2D eigenvalue weighted by molar-refractivity contribution is -0.145. The Kier molecular flexibility index (Phi) is 13.2. The van der Waals surface area contributed by atoms with Gasteiger partial charge in [0.05, 0.1) is 23.9 Å². The topological polar surface area (TPSA) is 179 Å². The van der Waals surface area contributed by atoms with Gasteiger partial charge >= 0.3 is 6.18 Å². The van der Waals surface area contributed by atoms with Crippen LogP contribution in [0.25, 0.3) is 11.3 Å². The number of nitrogens with one attached hydrogen (secondary N) is 2. The lowest BCUT2D eigenvalue weighted by Gasteiger charge is -2.46. The van der Waals surface area contributed by atoms with Crippen molar-refractivity contribution in [3.8, 4) is 17.1 Å². The smallest absolute Gasteiger partial charge is 0.405 e. The van der Waals surface area contributed by atoms with Gasteiger partial charge in [-0.15, -0.1) is 10.2 Å². The second kappa shape index (κ2) is 17.9. The van der Waals surface area contributed by atoms with Gasteiger partial charge in [0.1, 0.15) is 31.0 Å². The van der Waals surface area contributed by atoms with Gasteiger partial charge < -0.3 is 34.4 Å². The summed E-state index contributed by atoms with van der Waals surface area (Å²) in [6.07, 6.45) is -4.21. The highest BCUT2D eigenvalue weighted by Crippen LogP contribution is 2.34. The Bertz CT molecular complexity index is 1980. The first-order valence-electron chi connectivity index (χ1n) is 18.9. The molecule has 14 nitrogen and oxygen atoms in total. The van der Waals surface area contributed by atoms with Gasteiger partial charge in [0.25, 0.3) is 0 Å². The maximum absolute atomic E-state index is 14.0. The normalized spacial score (nSPS) is 20.3. The number of fused-ring (bicyclic) bond motifs is 1. The minimum atomic E-state index is -4.64. The van der Waals surface area contributed by atoms with E-state index in [9.17, 15) is 33.0 Å². The first-order valence-corrected chi connectivity index (χ1v) is 19.2. The summed E-state index contributed by atoms with van der Waals surface area (Å²) in [4.78, 5) is 35.5. The number of halogens is 4. The number of oxazole rings is 1. The number of hydrogen-bond acceptors (Lipinski definition) is 12.